The monoisotopic (exact) mass is 327 g/mol. The number of hydrogen-bond donors (Lipinski definition) is 1. The Morgan fingerprint density at radius 2 is 2.06 bits per heavy atom. The topological polar surface area (TPSA) is 29.9 Å². The molecule has 5 heteroatoms. The molecule has 0 saturated heterocycles. The van der Waals surface area contributed by atoms with Gasteiger partial charge < -0.3 is 5.32 Å². The highest BCUT2D eigenvalue weighted by Crippen LogP contribution is 2.20. The van der Waals surface area contributed by atoms with Crippen LogP contribution in [0.5, 0.6) is 0 Å². The van der Waals surface area contributed by atoms with Gasteiger partial charge in [-0.1, -0.05) is 45.7 Å². The van der Waals surface area contributed by atoms with Crippen LogP contribution in [0.1, 0.15) is 17.0 Å². The molecule has 0 aliphatic heterocycles. The Kier molecular flexibility index (Phi) is 4.43. The van der Waals surface area contributed by atoms with Crippen molar-refractivity contribution in [2.24, 2.45) is 7.05 Å². The number of halogens is 2. The van der Waals surface area contributed by atoms with Crippen molar-refractivity contribution in [2.75, 3.05) is 0 Å². The number of nitrogens with one attached hydrogen (secondary N) is 1. The van der Waals surface area contributed by atoms with E-state index >= 15 is 0 Å². The third-order valence-corrected chi connectivity index (χ3v) is 4.09. The van der Waals surface area contributed by atoms with Crippen LogP contribution in [0, 0.1) is 6.92 Å². The normalized spacial score (nSPS) is 10.9. The second-order valence-corrected chi connectivity index (χ2v) is 5.40. The maximum atomic E-state index is 6.19. The van der Waals surface area contributed by atoms with Gasteiger partial charge in [0.25, 0.3) is 0 Å². The summed E-state index contributed by atoms with van der Waals surface area (Å²) in [6, 6.07) is 8.17. The van der Waals surface area contributed by atoms with Crippen LogP contribution in [0.25, 0.3) is 0 Å². The summed E-state index contributed by atoms with van der Waals surface area (Å²) in [6.07, 6.45) is 0. The Labute approximate surface area is 120 Å². The summed E-state index contributed by atoms with van der Waals surface area (Å²) >= 11 is 9.73. The molecule has 0 spiro atoms. The van der Waals surface area contributed by atoms with E-state index in [9.17, 15) is 0 Å². The molecule has 1 heterocycles. The zero-order valence-electron chi connectivity index (χ0n) is 10.4. The van der Waals surface area contributed by atoms with Crippen molar-refractivity contribution in [1.82, 2.24) is 15.1 Å². The van der Waals surface area contributed by atoms with Crippen LogP contribution in [-0.2, 0) is 20.1 Å². The minimum absolute atomic E-state index is 0.706. The summed E-state index contributed by atoms with van der Waals surface area (Å²) in [5.41, 5.74) is 3.12. The third-order valence-electron chi connectivity index (χ3n) is 2.83. The number of aryl methyl sites for hydroxylation is 2. The predicted octanol–water partition coefficient (Wildman–Crippen LogP) is 3.43. The van der Waals surface area contributed by atoms with E-state index < -0.39 is 0 Å². The summed E-state index contributed by atoms with van der Waals surface area (Å²) in [6.45, 7) is 3.42. The van der Waals surface area contributed by atoms with Gasteiger partial charge in [0.2, 0.25) is 0 Å². The summed E-state index contributed by atoms with van der Waals surface area (Å²) in [7, 11) is 1.91. The molecule has 0 bridgehead atoms. The zero-order valence-corrected chi connectivity index (χ0v) is 12.7. The van der Waals surface area contributed by atoms with Gasteiger partial charge in [-0.2, -0.15) is 5.10 Å². The number of benzene rings is 1. The van der Waals surface area contributed by atoms with E-state index in [4.69, 9.17) is 11.6 Å². The largest absolute Gasteiger partial charge is 0.307 e. The van der Waals surface area contributed by atoms with Crippen LogP contribution in [0.3, 0.4) is 0 Å². The zero-order chi connectivity index (χ0) is 13.1. The molecule has 2 rings (SSSR count). The lowest BCUT2D eigenvalue weighted by Crippen LogP contribution is -2.15. The van der Waals surface area contributed by atoms with E-state index in [2.05, 4.69) is 32.4 Å². The van der Waals surface area contributed by atoms with Crippen LogP contribution in [0.15, 0.2) is 28.7 Å². The first kappa shape index (κ1) is 13.6. The lowest BCUT2D eigenvalue weighted by atomic mass is 10.2. The summed E-state index contributed by atoms with van der Waals surface area (Å²) in [5, 5.41) is 8.42. The second-order valence-electron chi connectivity index (χ2n) is 4.16. The molecule has 0 atom stereocenters. The van der Waals surface area contributed by atoms with Crippen molar-refractivity contribution >= 4 is 27.5 Å². The summed E-state index contributed by atoms with van der Waals surface area (Å²) in [5.74, 6) is 0. The molecular weight excluding hydrogens is 314 g/mol. The van der Waals surface area contributed by atoms with Crippen molar-refractivity contribution in [3.05, 3.63) is 50.7 Å². The fraction of sp³-hybridized carbons (Fsp3) is 0.308. The van der Waals surface area contributed by atoms with Crippen LogP contribution < -0.4 is 5.32 Å². The van der Waals surface area contributed by atoms with Crippen molar-refractivity contribution in [3.8, 4) is 0 Å². The minimum Gasteiger partial charge on any atom is -0.307 e. The lowest BCUT2D eigenvalue weighted by Gasteiger charge is -2.07. The van der Waals surface area contributed by atoms with Gasteiger partial charge in [-0.15, -0.1) is 0 Å². The SMILES string of the molecule is Cc1nn(C)c(CNCc2ccccc2Br)c1Cl. The molecule has 1 aromatic heterocycles. The van der Waals surface area contributed by atoms with Gasteiger partial charge >= 0.3 is 0 Å². The molecule has 3 nitrogen and oxygen atoms in total. The highest BCUT2D eigenvalue weighted by atomic mass is 79.9. The Balaban J connectivity index is 1.99. The molecule has 0 fully saturated rings. The molecule has 0 saturated carbocycles. The van der Waals surface area contributed by atoms with Crippen molar-refractivity contribution in [1.29, 1.82) is 0 Å². The van der Waals surface area contributed by atoms with Gasteiger partial charge in [-0.3, -0.25) is 4.68 Å². The molecule has 18 heavy (non-hydrogen) atoms. The van der Waals surface area contributed by atoms with Gasteiger partial charge in [0, 0.05) is 24.6 Å². The van der Waals surface area contributed by atoms with Gasteiger partial charge in [-0.05, 0) is 18.6 Å². The molecule has 0 aliphatic carbocycles. The molecule has 2 aromatic rings. The molecular formula is C13H15BrClN3. The Morgan fingerprint density at radius 3 is 2.67 bits per heavy atom. The highest BCUT2D eigenvalue weighted by Gasteiger charge is 2.10. The van der Waals surface area contributed by atoms with Crippen LogP contribution >= 0.6 is 27.5 Å². The van der Waals surface area contributed by atoms with Gasteiger partial charge in [0.1, 0.15) is 0 Å². The van der Waals surface area contributed by atoms with Gasteiger partial charge in [0.15, 0.2) is 0 Å². The number of rotatable bonds is 4. The minimum atomic E-state index is 0.706. The Morgan fingerprint density at radius 1 is 1.33 bits per heavy atom. The predicted molar refractivity (Wildman–Crippen MR) is 77.6 cm³/mol. The lowest BCUT2D eigenvalue weighted by molar-refractivity contribution is 0.624. The molecule has 96 valence electrons. The molecule has 0 radical (unpaired) electrons. The molecule has 1 N–H and O–H groups in total. The van der Waals surface area contributed by atoms with Crippen LogP contribution in [0.2, 0.25) is 5.02 Å². The van der Waals surface area contributed by atoms with E-state index in [0.29, 0.717) is 6.54 Å². The van der Waals surface area contributed by atoms with Crippen molar-refractivity contribution in [3.63, 3.8) is 0 Å². The maximum absolute atomic E-state index is 6.19. The van der Waals surface area contributed by atoms with Gasteiger partial charge in [-0.25, -0.2) is 0 Å². The first-order valence-electron chi connectivity index (χ1n) is 5.71. The van der Waals surface area contributed by atoms with Crippen molar-refractivity contribution in [2.45, 2.75) is 20.0 Å². The van der Waals surface area contributed by atoms with E-state index in [1.165, 1.54) is 5.56 Å². The first-order chi connectivity index (χ1) is 8.59. The van der Waals surface area contributed by atoms with Gasteiger partial charge in [0.05, 0.1) is 16.4 Å². The van der Waals surface area contributed by atoms with Crippen LogP contribution in [0.4, 0.5) is 0 Å². The average Bonchev–Trinajstić information content (AvgIpc) is 2.58. The van der Waals surface area contributed by atoms with E-state index in [1.54, 1.807) is 0 Å². The third kappa shape index (κ3) is 2.94. The quantitative estimate of drug-likeness (QED) is 0.932. The standard InChI is InChI=1S/C13H15BrClN3/c1-9-13(15)12(18(2)17-9)8-16-7-10-5-3-4-6-11(10)14/h3-6,16H,7-8H2,1-2H3. The van der Waals surface area contributed by atoms with E-state index in [1.807, 2.05) is 36.9 Å². The fourth-order valence-corrected chi connectivity index (χ4v) is 2.48. The molecule has 0 aliphatic rings. The smallest absolute Gasteiger partial charge is 0.0860 e. The fourth-order valence-electron chi connectivity index (χ4n) is 1.83. The second kappa shape index (κ2) is 5.87. The maximum Gasteiger partial charge on any atom is 0.0860 e. The van der Waals surface area contributed by atoms with E-state index in [0.717, 1.165) is 27.4 Å². The average molecular weight is 329 g/mol. The Hall–Kier alpha value is -0.840. The number of nitrogens with zero attached hydrogens (tertiary/aromatic N) is 2. The summed E-state index contributed by atoms with van der Waals surface area (Å²) in [4.78, 5) is 0. The molecule has 0 unspecified atom stereocenters. The van der Waals surface area contributed by atoms with Crippen LogP contribution in [-0.4, -0.2) is 9.78 Å². The Bertz CT molecular complexity index is 551. The number of aromatic nitrogens is 2. The van der Waals surface area contributed by atoms with Crippen molar-refractivity contribution < 1.29 is 0 Å². The molecule has 1 aromatic carbocycles. The summed E-state index contributed by atoms with van der Waals surface area (Å²) < 4.78 is 2.94. The van der Waals surface area contributed by atoms with E-state index in [-0.39, 0.29) is 0 Å². The number of hydrogen-bond acceptors (Lipinski definition) is 2. The molecule has 0 amide bonds. The highest BCUT2D eigenvalue weighted by molar-refractivity contribution is 9.10. The first-order valence-corrected chi connectivity index (χ1v) is 6.88.